The van der Waals surface area contributed by atoms with E-state index >= 15 is 0 Å². The molecule has 126 valence electrons. The molecule has 1 N–H and O–H groups in total. The molecule has 25 heavy (non-hydrogen) atoms. The van der Waals surface area contributed by atoms with Gasteiger partial charge in [0.05, 0.1) is 11.6 Å². The van der Waals surface area contributed by atoms with Gasteiger partial charge in [-0.05, 0) is 36.8 Å². The Morgan fingerprint density at radius 1 is 1.20 bits per heavy atom. The number of nitriles is 1. The van der Waals surface area contributed by atoms with Gasteiger partial charge in [-0.3, -0.25) is 0 Å². The number of nitrogens with one attached hydrogen (secondary N) is 1. The lowest BCUT2D eigenvalue weighted by Gasteiger charge is -2.11. The summed E-state index contributed by atoms with van der Waals surface area (Å²) >= 11 is 0. The van der Waals surface area contributed by atoms with Crippen molar-refractivity contribution in [1.29, 1.82) is 5.26 Å². The van der Waals surface area contributed by atoms with Crippen LogP contribution >= 0.6 is 0 Å². The van der Waals surface area contributed by atoms with Gasteiger partial charge < -0.3 is 14.6 Å². The van der Waals surface area contributed by atoms with Gasteiger partial charge in [0, 0.05) is 37.2 Å². The zero-order valence-corrected chi connectivity index (χ0v) is 14.1. The number of anilines is 1. The van der Waals surface area contributed by atoms with Crippen LogP contribution in [0.4, 0.5) is 5.69 Å². The molecule has 0 unspecified atom stereocenters. The largest absolute Gasteiger partial charge is 0.489 e. The van der Waals surface area contributed by atoms with Gasteiger partial charge in [-0.1, -0.05) is 18.2 Å². The fraction of sp³-hybridized carbons (Fsp3) is 0.200. The van der Waals surface area contributed by atoms with Crippen LogP contribution in [0.25, 0.3) is 0 Å². The van der Waals surface area contributed by atoms with E-state index in [1.807, 2.05) is 61.8 Å². The number of imidazole rings is 1. The van der Waals surface area contributed by atoms with E-state index in [2.05, 4.69) is 20.9 Å². The second-order valence-electron chi connectivity index (χ2n) is 5.72. The molecule has 0 aliphatic carbocycles. The van der Waals surface area contributed by atoms with Gasteiger partial charge in [-0.25, -0.2) is 4.98 Å². The first-order valence-electron chi connectivity index (χ1n) is 8.18. The Labute approximate surface area is 147 Å². The van der Waals surface area contributed by atoms with Crippen molar-refractivity contribution in [3.63, 3.8) is 0 Å². The van der Waals surface area contributed by atoms with Crippen molar-refractivity contribution in [2.75, 3.05) is 11.9 Å². The van der Waals surface area contributed by atoms with Crippen LogP contribution in [0, 0.1) is 18.3 Å². The Bertz CT molecular complexity index is 879. The maximum atomic E-state index is 8.95. The molecule has 5 heteroatoms. The summed E-state index contributed by atoms with van der Waals surface area (Å²) in [6.07, 6.45) is 3.79. The van der Waals surface area contributed by atoms with E-state index in [1.54, 1.807) is 6.07 Å². The van der Waals surface area contributed by atoms with Crippen LogP contribution in [-0.2, 0) is 13.2 Å². The van der Waals surface area contributed by atoms with E-state index in [4.69, 9.17) is 10.00 Å². The molecule has 3 rings (SSSR count). The molecule has 0 atom stereocenters. The van der Waals surface area contributed by atoms with E-state index < -0.39 is 0 Å². The number of ether oxygens (including phenoxy) is 1. The van der Waals surface area contributed by atoms with Crippen molar-refractivity contribution in [2.45, 2.75) is 20.1 Å². The lowest BCUT2D eigenvalue weighted by molar-refractivity contribution is 0.306. The zero-order chi connectivity index (χ0) is 17.5. The predicted octanol–water partition coefficient (Wildman–Crippen LogP) is 3.75. The number of rotatable bonds is 7. The standard InChI is InChI=1S/C20H20N4O/c1-16-22-8-10-24(16)11-9-23-19-6-3-7-20(13-19)25-15-18-5-2-4-17(12-18)14-21/h2-8,10,12-13,23H,9,11,15H2,1H3. The first-order chi connectivity index (χ1) is 12.2. The number of nitrogens with zero attached hydrogens (tertiary/aromatic N) is 3. The van der Waals surface area contributed by atoms with Crippen LogP contribution in [0.3, 0.4) is 0 Å². The van der Waals surface area contributed by atoms with Gasteiger partial charge in [-0.15, -0.1) is 0 Å². The Hall–Kier alpha value is -3.26. The molecular formula is C20H20N4O. The molecule has 0 aliphatic heterocycles. The Morgan fingerprint density at radius 3 is 2.88 bits per heavy atom. The monoisotopic (exact) mass is 332 g/mol. The number of benzene rings is 2. The van der Waals surface area contributed by atoms with Gasteiger partial charge in [0.15, 0.2) is 0 Å². The van der Waals surface area contributed by atoms with E-state index in [9.17, 15) is 0 Å². The lowest BCUT2D eigenvalue weighted by Crippen LogP contribution is -2.11. The van der Waals surface area contributed by atoms with Gasteiger partial charge in [0.2, 0.25) is 0 Å². The molecule has 2 aromatic carbocycles. The third kappa shape index (κ3) is 4.61. The molecule has 0 bridgehead atoms. The maximum absolute atomic E-state index is 8.95. The van der Waals surface area contributed by atoms with Crippen LogP contribution in [0.1, 0.15) is 17.0 Å². The predicted molar refractivity (Wildman–Crippen MR) is 97.4 cm³/mol. The highest BCUT2D eigenvalue weighted by Gasteiger charge is 2.01. The van der Waals surface area contributed by atoms with Crippen molar-refractivity contribution in [3.05, 3.63) is 77.9 Å². The summed E-state index contributed by atoms with van der Waals surface area (Å²) in [5, 5.41) is 12.3. The van der Waals surface area contributed by atoms with Crippen molar-refractivity contribution in [3.8, 4) is 11.8 Å². The Morgan fingerprint density at radius 2 is 2.08 bits per heavy atom. The van der Waals surface area contributed by atoms with Crippen LogP contribution in [0.5, 0.6) is 5.75 Å². The summed E-state index contributed by atoms with van der Waals surface area (Å²) in [6.45, 7) is 4.10. The average molecular weight is 332 g/mol. The Balaban J connectivity index is 1.54. The third-order valence-corrected chi connectivity index (χ3v) is 3.90. The van der Waals surface area contributed by atoms with E-state index in [0.717, 1.165) is 35.9 Å². The summed E-state index contributed by atoms with van der Waals surface area (Å²) in [6, 6.07) is 17.5. The summed E-state index contributed by atoms with van der Waals surface area (Å²) in [5.74, 6) is 1.81. The smallest absolute Gasteiger partial charge is 0.121 e. The fourth-order valence-corrected chi connectivity index (χ4v) is 2.55. The molecule has 3 aromatic rings. The molecule has 1 aromatic heterocycles. The number of aromatic nitrogens is 2. The van der Waals surface area contributed by atoms with Crippen LogP contribution < -0.4 is 10.1 Å². The van der Waals surface area contributed by atoms with Gasteiger partial charge in [0.1, 0.15) is 18.2 Å². The fourth-order valence-electron chi connectivity index (χ4n) is 2.55. The van der Waals surface area contributed by atoms with E-state index in [-0.39, 0.29) is 0 Å². The van der Waals surface area contributed by atoms with Crippen LogP contribution in [0.15, 0.2) is 60.9 Å². The molecule has 5 nitrogen and oxygen atoms in total. The minimum atomic E-state index is 0.438. The maximum Gasteiger partial charge on any atom is 0.121 e. The summed E-state index contributed by atoms with van der Waals surface area (Å²) < 4.78 is 7.95. The first kappa shape index (κ1) is 16.6. The molecule has 0 saturated carbocycles. The van der Waals surface area contributed by atoms with Gasteiger partial charge in [-0.2, -0.15) is 5.26 Å². The zero-order valence-electron chi connectivity index (χ0n) is 14.1. The number of hydrogen-bond donors (Lipinski definition) is 1. The second-order valence-corrected chi connectivity index (χ2v) is 5.72. The van der Waals surface area contributed by atoms with Crippen LogP contribution in [0.2, 0.25) is 0 Å². The molecule has 0 saturated heterocycles. The summed E-state index contributed by atoms with van der Waals surface area (Å²) in [5.41, 5.74) is 2.64. The minimum Gasteiger partial charge on any atom is -0.489 e. The van der Waals surface area contributed by atoms with Crippen molar-refractivity contribution < 1.29 is 4.74 Å². The van der Waals surface area contributed by atoms with Crippen molar-refractivity contribution >= 4 is 5.69 Å². The molecule has 0 spiro atoms. The van der Waals surface area contributed by atoms with Crippen molar-refractivity contribution in [1.82, 2.24) is 9.55 Å². The normalized spacial score (nSPS) is 10.2. The molecular weight excluding hydrogens is 312 g/mol. The molecule has 0 radical (unpaired) electrons. The number of aryl methyl sites for hydroxylation is 1. The SMILES string of the molecule is Cc1nccn1CCNc1cccc(OCc2cccc(C#N)c2)c1. The quantitative estimate of drug-likeness (QED) is 0.715. The van der Waals surface area contributed by atoms with Gasteiger partial charge in [0.25, 0.3) is 0 Å². The highest BCUT2D eigenvalue weighted by molar-refractivity contribution is 5.48. The molecule has 1 heterocycles. The lowest BCUT2D eigenvalue weighted by atomic mass is 10.1. The topological polar surface area (TPSA) is 62.9 Å². The third-order valence-electron chi connectivity index (χ3n) is 3.90. The molecule has 0 aliphatic rings. The highest BCUT2D eigenvalue weighted by Crippen LogP contribution is 2.19. The van der Waals surface area contributed by atoms with E-state index in [1.165, 1.54) is 0 Å². The van der Waals surface area contributed by atoms with Crippen LogP contribution in [-0.4, -0.2) is 16.1 Å². The first-order valence-corrected chi connectivity index (χ1v) is 8.18. The summed E-state index contributed by atoms with van der Waals surface area (Å²) in [4.78, 5) is 4.22. The molecule has 0 amide bonds. The molecule has 0 fully saturated rings. The van der Waals surface area contributed by atoms with Crippen molar-refractivity contribution in [2.24, 2.45) is 0 Å². The average Bonchev–Trinajstić information content (AvgIpc) is 3.05. The highest BCUT2D eigenvalue weighted by atomic mass is 16.5. The second kappa shape index (κ2) is 8.02. The summed E-state index contributed by atoms with van der Waals surface area (Å²) in [7, 11) is 0. The van der Waals surface area contributed by atoms with E-state index in [0.29, 0.717) is 12.2 Å². The van der Waals surface area contributed by atoms with Gasteiger partial charge >= 0.3 is 0 Å². The minimum absolute atomic E-state index is 0.438. The number of hydrogen-bond acceptors (Lipinski definition) is 4. The Kier molecular flexibility index (Phi) is 5.32.